The fourth-order valence-corrected chi connectivity index (χ4v) is 2.73. The van der Waals surface area contributed by atoms with Crippen LogP contribution in [0.5, 0.6) is 0 Å². The number of rotatable bonds is 6. The Balaban J connectivity index is 2.14. The summed E-state index contributed by atoms with van der Waals surface area (Å²) in [5.74, 6) is 1.01. The van der Waals surface area contributed by atoms with Gasteiger partial charge in [-0.1, -0.05) is 19.8 Å². The molecule has 0 aromatic rings. The number of methoxy groups -OCH3 is 1. The first-order chi connectivity index (χ1) is 7.26. The summed E-state index contributed by atoms with van der Waals surface area (Å²) in [6.07, 6.45) is 8.34. The molecular weight excluding hydrogens is 186 g/mol. The van der Waals surface area contributed by atoms with Crippen molar-refractivity contribution in [2.24, 2.45) is 5.92 Å². The second-order valence-corrected chi connectivity index (χ2v) is 5.03. The zero-order valence-corrected chi connectivity index (χ0v) is 10.6. The quantitative estimate of drug-likeness (QED) is 0.732. The predicted octanol–water partition coefficient (Wildman–Crippen LogP) is 2.97. The summed E-state index contributed by atoms with van der Waals surface area (Å²) >= 11 is 0. The molecule has 1 aliphatic carbocycles. The molecule has 0 amide bonds. The van der Waals surface area contributed by atoms with Crippen LogP contribution in [0.2, 0.25) is 0 Å². The topological polar surface area (TPSA) is 21.3 Å². The lowest BCUT2D eigenvalue weighted by molar-refractivity contribution is 0.157. The smallest absolute Gasteiger partial charge is 0.0613 e. The molecule has 0 bridgehead atoms. The maximum atomic E-state index is 5.14. The summed E-state index contributed by atoms with van der Waals surface area (Å²) in [6, 6.07) is 1.24. The average molecular weight is 213 g/mol. The Morgan fingerprint density at radius 3 is 2.47 bits per heavy atom. The van der Waals surface area contributed by atoms with Gasteiger partial charge < -0.3 is 10.1 Å². The van der Waals surface area contributed by atoms with Crippen molar-refractivity contribution >= 4 is 0 Å². The van der Waals surface area contributed by atoms with Gasteiger partial charge in [0.2, 0.25) is 0 Å². The predicted molar refractivity (Wildman–Crippen MR) is 65.1 cm³/mol. The van der Waals surface area contributed by atoms with Crippen LogP contribution in [0.3, 0.4) is 0 Å². The van der Waals surface area contributed by atoms with Crippen LogP contribution >= 0.6 is 0 Å². The maximum Gasteiger partial charge on any atom is 0.0613 e. The summed E-state index contributed by atoms with van der Waals surface area (Å²) < 4.78 is 5.14. The number of nitrogens with one attached hydrogen (secondary N) is 1. The van der Waals surface area contributed by atoms with Gasteiger partial charge in [0, 0.05) is 19.2 Å². The van der Waals surface area contributed by atoms with E-state index < -0.39 is 0 Å². The van der Waals surface area contributed by atoms with Gasteiger partial charge in [0.15, 0.2) is 0 Å². The lowest BCUT2D eigenvalue weighted by atomic mass is 9.83. The molecule has 2 nitrogen and oxygen atoms in total. The minimum absolute atomic E-state index is 0.503. The van der Waals surface area contributed by atoms with Crippen LogP contribution in [0.1, 0.15) is 52.4 Å². The molecule has 0 radical (unpaired) electrons. The van der Waals surface area contributed by atoms with Crippen LogP contribution < -0.4 is 5.32 Å². The van der Waals surface area contributed by atoms with Crippen molar-refractivity contribution in [2.75, 3.05) is 13.7 Å². The number of hydrogen-bond donors (Lipinski definition) is 1. The van der Waals surface area contributed by atoms with Gasteiger partial charge in [0.1, 0.15) is 0 Å². The third-order valence-electron chi connectivity index (χ3n) is 3.48. The van der Waals surface area contributed by atoms with Gasteiger partial charge in [-0.3, -0.25) is 0 Å². The van der Waals surface area contributed by atoms with Gasteiger partial charge >= 0.3 is 0 Å². The van der Waals surface area contributed by atoms with E-state index in [0.717, 1.165) is 18.6 Å². The van der Waals surface area contributed by atoms with Gasteiger partial charge in [-0.25, -0.2) is 0 Å². The van der Waals surface area contributed by atoms with Crippen LogP contribution in [0.25, 0.3) is 0 Å². The van der Waals surface area contributed by atoms with E-state index in [1.165, 1.54) is 38.5 Å². The SMILES string of the molecule is CCCC1CCC(NC(C)COC)CC1. The third-order valence-corrected chi connectivity index (χ3v) is 3.48. The van der Waals surface area contributed by atoms with E-state index in [1.807, 2.05) is 0 Å². The normalized spacial score (nSPS) is 29.0. The Labute approximate surface area is 94.8 Å². The van der Waals surface area contributed by atoms with Crippen molar-refractivity contribution in [2.45, 2.75) is 64.5 Å². The van der Waals surface area contributed by atoms with Crippen molar-refractivity contribution in [3.8, 4) is 0 Å². The summed E-state index contributed by atoms with van der Waals surface area (Å²) in [5, 5.41) is 3.66. The van der Waals surface area contributed by atoms with Gasteiger partial charge in [-0.2, -0.15) is 0 Å². The van der Waals surface area contributed by atoms with E-state index in [0.29, 0.717) is 6.04 Å². The lowest BCUT2D eigenvalue weighted by Gasteiger charge is -2.31. The molecule has 1 saturated carbocycles. The fourth-order valence-electron chi connectivity index (χ4n) is 2.73. The molecule has 0 saturated heterocycles. The summed E-state index contributed by atoms with van der Waals surface area (Å²) in [5.41, 5.74) is 0. The summed E-state index contributed by atoms with van der Waals surface area (Å²) in [7, 11) is 1.77. The minimum Gasteiger partial charge on any atom is -0.383 e. The van der Waals surface area contributed by atoms with Crippen LogP contribution in [0.15, 0.2) is 0 Å². The zero-order valence-electron chi connectivity index (χ0n) is 10.6. The molecule has 1 fully saturated rings. The molecule has 1 atom stereocenters. The molecule has 0 spiro atoms. The van der Waals surface area contributed by atoms with E-state index in [-0.39, 0.29) is 0 Å². The first kappa shape index (κ1) is 13.0. The first-order valence-corrected chi connectivity index (χ1v) is 6.51. The van der Waals surface area contributed by atoms with Gasteiger partial charge in [-0.05, 0) is 38.5 Å². The molecule has 1 rings (SSSR count). The molecular formula is C13H27NO. The highest BCUT2D eigenvalue weighted by Gasteiger charge is 2.21. The van der Waals surface area contributed by atoms with E-state index in [4.69, 9.17) is 4.74 Å². The lowest BCUT2D eigenvalue weighted by Crippen LogP contribution is -2.41. The monoisotopic (exact) mass is 213 g/mol. The van der Waals surface area contributed by atoms with E-state index in [1.54, 1.807) is 7.11 Å². The van der Waals surface area contributed by atoms with Crippen molar-refractivity contribution in [3.63, 3.8) is 0 Å². The maximum absolute atomic E-state index is 5.14. The van der Waals surface area contributed by atoms with Gasteiger partial charge in [0.25, 0.3) is 0 Å². The Morgan fingerprint density at radius 2 is 1.93 bits per heavy atom. The Hall–Kier alpha value is -0.0800. The molecule has 0 aromatic carbocycles. The molecule has 1 unspecified atom stereocenters. The Kier molecular flexibility index (Phi) is 6.26. The van der Waals surface area contributed by atoms with E-state index in [9.17, 15) is 0 Å². The molecule has 0 heterocycles. The molecule has 1 N–H and O–H groups in total. The largest absolute Gasteiger partial charge is 0.383 e. The second-order valence-electron chi connectivity index (χ2n) is 5.03. The molecule has 2 heteroatoms. The standard InChI is InChI=1S/C13H27NO/c1-4-5-12-6-8-13(9-7-12)14-11(2)10-15-3/h11-14H,4-10H2,1-3H3. The first-order valence-electron chi connectivity index (χ1n) is 6.51. The fraction of sp³-hybridized carbons (Fsp3) is 1.00. The Morgan fingerprint density at radius 1 is 1.27 bits per heavy atom. The number of ether oxygens (including phenoxy) is 1. The molecule has 1 aliphatic rings. The van der Waals surface area contributed by atoms with E-state index >= 15 is 0 Å². The minimum atomic E-state index is 0.503. The molecule has 0 aromatic heterocycles. The van der Waals surface area contributed by atoms with Crippen LogP contribution in [-0.2, 0) is 4.74 Å². The van der Waals surface area contributed by atoms with Gasteiger partial charge in [-0.15, -0.1) is 0 Å². The van der Waals surface area contributed by atoms with Gasteiger partial charge in [0.05, 0.1) is 6.61 Å². The highest BCUT2D eigenvalue weighted by molar-refractivity contribution is 4.79. The molecule has 15 heavy (non-hydrogen) atoms. The molecule has 0 aliphatic heterocycles. The van der Waals surface area contributed by atoms with Crippen LogP contribution in [-0.4, -0.2) is 25.8 Å². The summed E-state index contributed by atoms with van der Waals surface area (Å²) in [4.78, 5) is 0. The van der Waals surface area contributed by atoms with Crippen molar-refractivity contribution in [1.29, 1.82) is 0 Å². The highest BCUT2D eigenvalue weighted by Crippen LogP contribution is 2.27. The van der Waals surface area contributed by atoms with Crippen LogP contribution in [0.4, 0.5) is 0 Å². The average Bonchev–Trinajstić information content (AvgIpc) is 2.22. The van der Waals surface area contributed by atoms with Crippen molar-refractivity contribution in [1.82, 2.24) is 5.32 Å². The summed E-state index contributed by atoms with van der Waals surface area (Å²) in [6.45, 7) is 5.33. The Bertz CT molecular complexity index is 153. The highest BCUT2D eigenvalue weighted by atomic mass is 16.5. The number of hydrogen-bond acceptors (Lipinski definition) is 2. The third kappa shape index (κ3) is 4.98. The van der Waals surface area contributed by atoms with E-state index in [2.05, 4.69) is 19.2 Å². The van der Waals surface area contributed by atoms with Crippen LogP contribution in [0, 0.1) is 5.92 Å². The van der Waals surface area contributed by atoms with Crippen molar-refractivity contribution < 1.29 is 4.74 Å². The second kappa shape index (κ2) is 7.24. The van der Waals surface area contributed by atoms with Crippen molar-refractivity contribution in [3.05, 3.63) is 0 Å². The molecule has 90 valence electrons. The zero-order chi connectivity index (χ0) is 11.1.